The van der Waals surface area contributed by atoms with Gasteiger partial charge in [-0.15, -0.1) is 0 Å². The van der Waals surface area contributed by atoms with Crippen molar-refractivity contribution in [1.82, 2.24) is 0 Å². The number of hydrogen-bond acceptors (Lipinski definition) is 2. The summed E-state index contributed by atoms with van der Waals surface area (Å²) in [6.45, 7) is 1.26. The molecular formula is C8H7BrO2. The minimum Gasteiger partial charge on any atom is -0.508 e. The molecule has 1 N–H and O–H groups in total. The predicted octanol–water partition coefficient (Wildman–Crippen LogP) is 2.18. The molecule has 0 fully saturated rings. The van der Waals surface area contributed by atoms with E-state index in [2.05, 4.69) is 15.9 Å². The van der Waals surface area contributed by atoms with Crippen molar-refractivity contribution in [2.45, 2.75) is 13.2 Å². The van der Waals surface area contributed by atoms with E-state index < -0.39 is 0 Å². The Labute approximate surface area is 72.9 Å². The average molecular weight is 215 g/mol. The first-order valence-corrected chi connectivity index (χ1v) is 4.14. The van der Waals surface area contributed by atoms with Crippen molar-refractivity contribution in [1.29, 1.82) is 0 Å². The van der Waals surface area contributed by atoms with Gasteiger partial charge in [0.1, 0.15) is 5.75 Å². The third-order valence-electron chi connectivity index (χ3n) is 1.78. The normalized spacial score (nSPS) is 15.0. The molecule has 0 aliphatic carbocycles. The van der Waals surface area contributed by atoms with E-state index in [1.807, 2.05) is 0 Å². The molecule has 0 atom stereocenters. The van der Waals surface area contributed by atoms with Crippen LogP contribution in [0.15, 0.2) is 16.6 Å². The lowest BCUT2D eigenvalue weighted by Crippen LogP contribution is -1.82. The number of phenolic OH excluding ortho intramolecular Hbond substituents is 1. The maximum absolute atomic E-state index is 9.19. The summed E-state index contributed by atoms with van der Waals surface area (Å²) in [5, 5.41) is 9.19. The van der Waals surface area contributed by atoms with Crippen LogP contribution in [-0.2, 0) is 18.0 Å². The Kier molecular flexibility index (Phi) is 1.62. The highest BCUT2D eigenvalue weighted by Gasteiger charge is 2.14. The van der Waals surface area contributed by atoms with Crippen LogP contribution in [0.5, 0.6) is 5.75 Å². The third kappa shape index (κ3) is 1.14. The van der Waals surface area contributed by atoms with Crippen molar-refractivity contribution in [3.05, 3.63) is 27.7 Å². The molecule has 58 valence electrons. The van der Waals surface area contributed by atoms with E-state index in [1.165, 1.54) is 0 Å². The second-order valence-corrected chi connectivity index (χ2v) is 3.41. The van der Waals surface area contributed by atoms with Gasteiger partial charge in [0.05, 0.1) is 13.2 Å². The maximum atomic E-state index is 9.19. The summed E-state index contributed by atoms with van der Waals surface area (Å²) in [5.41, 5.74) is 2.24. The Bertz CT molecular complexity index is 296. The second-order valence-electron chi connectivity index (χ2n) is 2.56. The summed E-state index contributed by atoms with van der Waals surface area (Å²) < 4.78 is 6.14. The molecule has 1 aromatic carbocycles. The number of ether oxygens (including phenoxy) is 1. The van der Waals surface area contributed by atoms with Crippen LogP contribution in [0, 0.1) is 0 Å². The number of phenols is 1. The first kappa shape index (κ1) is 7.13. The Balaban J connectivity index is 2.60. The third-order valence-corrected chi connectivity index (χ3v) is 2.48. The smallest absolute Gasteiger partial charge is 0.117 e. The van der Waals surface area contributed by atoms with E-state index in [0.29, 0.717) is 19.0 Å². The molecule has 11 heavy (non-hydrogen) atoms. The average Bonchev–Trinajstić information content (AvgIpc) is 2.34. The molecule has 2 nitrogen and oxygen atoms in total. The van der Waals surface area contributed by atoms with Crippen LogP contribution in [0.3, 0.4) is 0 Å². The molecular weight excluding hydrogens is 208 g/mol. The van der Waals surface area contributed by atoms with Crippen LogP contribution in [-0.4, -0.2) is 5.11 Å². The molecule has 2 rings (SSSR count). The number of fused-ring (bicyclic) bond motifs is 1. The van der Waals surface area contributed by atoms with Gasteiger partial charge in [-0.1, -0.05) is 15.9 Å². The van der Waals surface area contributed by atoms with E-state index >= 15 is 0 Å². The predicted molar refractivity (Wildman–Crippen MR) is 44.3 cm³/mol. The summed E-state index contributed by atoms with van der Waals surface area (Å²) >= 11 is 3.36. The van der Waals surface area contributed by atoms with Crippen LogP contribution < -0.4 is 0 Å². The summed E-state index contributed by atoms with van der Waals surface area (Å²) in [4.78, 5) is 0. The Hall–Kier alpha value is -0.540. The van der Waals surface area contributed by atoms with Gasteiger partial charge in [0, 0.05) is 4.47 Å². The molecule has 3 heteroatoms. The first-order chi connectivity index (χ1) is 5.27. The molecule has 0 unspecified atom stereocenters. The van der Waals surface area contributed by atoms with Crippen LogP contribution >= 0.6 is 15.9 Å². The number of benzene rings is 1. The van der Waals surface area contributed by atoms with E-state index in [1.54, 1.807) is 12.1 Å². The van der Waals surface area contributed by atoms with Gasteiger partial charge >= 0.3 is 0 Å². The van der Waals surface area contributed by atoms with Crippen LogP contribution in [0.4, 0.5) is 0 Å². The molecule has 1 aliphatic heterocycles. The van der Waals surface area contributed by atoms with Crippen molar-refractivity contribution >= 4 is 15.9 Å². The number of hydrogen-bond donors (Lipinski definition) is 1. The van der Waals surface area contributed by atoms with Crippen molar-refractivity contribution < 1.29 is 9.84 Å². The summed E-state index contributed by atoms with van der Waals surface area (Å²) in [6, 6.07) is 3.43. The Morgan fingerprint density at radius 2 is 2.18 bits per heavy atom. The van der Waals surface area contributed by atoms with Crippen molar-refractivity contribution in [3.8, 4) is 5.75 Å². The second kappa shape index (κ2) is 2.50. The summed E-state index contributed by atoms with van der Waals surface area (Å²) in [7, 11) is 0. The fourth-order valence-electron chi connectivity index (χ4n) is 1.23. The monoisotopic (exact) mass is 214 g/mol. The van der Waals surface area contributed by atoms with Gasteiger partial charge in [-0.3, -0.25) is 0 Å². The van der Waals surface area contributed by atoms with Crippen LogP contribution in [0.1, 0.15) is 11.1 Å². The lowest BCUT2D eigenvalue weighted by atomic mass is 10.1. The zero-order valence-corrected chi connectivity index (χ0v) is 7.39. The molecule has 0 spiro atoms. The van der Waals surface area contributed by atoms with E-state index in [-0.39, 0.29) is 0 Å². The summed E-state index contributed by atoms with van der Waals surface area (Å²) in [5.74, 6) is 0.293. The van der Waals surface area contributed by atoms with Crippen molar-refractivity contribution in [2.24, 2.45) is 0 Å². The maximum Gasteiger partial charge on any atom is 0.117 e. The number of halogens is 1. The van der Waals surface area contributed by atoms with Gasteiger partial charge in [-0.05, 0) is 23.3 Å². The molecule has 0 bridgehead atoms. The van der Waals surface area contributed by atoms with Crippen LogP contribution in [0.25, 0.3) is 0 Å². The highest BCUT2D eigenvalue weighted by molar-refractivity contribution is 9.10. The van der Waals surface area contributed by atoms with Crippen molar-refractivity contribution in [2.75, 3.05) is 0 Å². The number of rotatable bonds is 0. The van der Waals surface area contributed by atoms with Gasteiger partial charge in [-0.2, -0.15) is 0 Å². The Morgan fingerprint density at radius 1 is 1.36 bits per heavy atom. The van der Waals surface area contributed by atoms with E-state index in [4.69, 9.17) is 4.74 Å². The largest absolute Gasteiger partial charge is 0.508 e. The van der Waals surface area contributed by atoms with E-state index in [0.717, 1.165) is 15.6 Å². The Morgan fingerprint density at radius 3 is 3.00 bits per heavy atom. The molecule has 0 saturated carbocycles. The van der Waals surface area contributed by atoms with Gasteiger partial charge in [-0.25, -0.2) is 0 Å². The van der Waals surface area contributed by atoms with Gasteiger partial charge in [0.2, 0.25) is 0 Å². The number of aromatic hydroxyl groups is 1. The minimum absolute atomic E-state index is 0.293. The molecule has 1 aliphatic rings. The zero-order chi connectivity index (χ0) is 7.84. The van der Waals surface area contributed by atoms with Gasteiger partial charge < -0.3 is 9.84 Å². The molecule has 0 aromatic heterocycles. The molecule has 0 amide bonds. The topological polar surface area (TPSA) is 29.5 Å². The highest BCUT2D eigenvalue weighted by atomic mass is 79.9. The lowest BCUT2D eigenvalue weighted by Gasteiger charge is -2.00. The van der Waals surface area contributed by atoms with Crippen LogP contribution in [0.2, 0.25) is 0 Å². The first-order valence-electron chi connectivity index (χ1n) is 3.35. The quantitative estimate of drug-likeness (QED) is 0.718. The fourth-order valence-corrected chi connectivity index (χ4v) is 1.83. The van der Waals surface area contributed by atoms with E-state index in [9.17, 15) is 5.11 Å². The molecule has 1 aromatic rings. The minimum atomic E-state index is 0.293. The summed E-state index contributed by atoms with van der Waals surface area (Å²) in [6.07, 6.45) is 0. The van der Waals surface area contributed by atoms with Crippen molar-refractivity contribution in [3.63, 3.8) is 0 Å². The molecule has 0 saturated heterocycles. The standard InChI is InChI=1S/C8H7BrO2/c9-8-2-6(10)1-5-3-11-4-7(5)8/h1-2,10H,3-4H2. The lowest BCUT2D eigenvalue weighted by molar-refractivity contribution is 0.134. The molecule has 0 radical (unpaired) electrons. The highest BCUT2D eigenvalue weighted by Crippen LogP contribution is 2.31. The molecule has 1 heterocycles. The SMILES string of the molecule is Oc1cc(Br)c2c(c1)COC2. The fraction of sp³-hybridized carbons (Fsp3) is 0.250. The van der Waals surface area contributed by atoms with Gasteiger partial charge in [0.15, 0.2) is 0 Å². The zero-order valence-electron chi connectivity index (χ0n) is 5.80. The van der Waals surface area contributed by atoms with Gasteiger partial charge in [0.25, 0.3) is 0 Å².